The highest BCUT2D eigenvalue weighted by molar-refractivity contribution is 5.76. The van der Waals surface area contributed by atoms with Gasteiger partial charge in [-0.2, -0.15) is 0 Å². The number of hydrogen-bond acceptors (Lipinski definition) is 5. The molecule has 1 aliphatic rings. The van der Waals surface area contributed by atoms with Gasteiger partial charge < -0.3 is 19.1 Å². The van der Waals surface area contributed by atoms with Crippen LogP contribution < -0.4 is 4.74 Å². The van der Waals surface area contributed by atoms with E-state index in [1.165, 1.54) is 7.11 Å². The Balaban J connectivity index is 2.25. The van der Waals surface area contributed by atoms with Gasteiger partial charge in [-0.25, -0.2) is 4.79 Å². The van der Waals surface area contributed by atoms with E-state index in [1.807, 2.05) is 52.0 Å². The summed E-state index contributed by atoms with van der Waals surface area (Å²) in [4.78, 5) is 26.6. The molecule has 1 amide bonds. The maximum absolute atomic E-state index is 12.5. The van der Waals surface area contributed by atoms with Crippen molar-refractivity contribution in [2.75, 3.05) is 20.8 Å². The van der Waals surface area contributed by atoms with Crippen molar-refractivity contribution >= 4 is 12.1 Å². The number of nitrogens with zero attached hydrogens (tertiary/aromatic N) is 1. The molecule has 1 fully saturated rings. The zero-order valence-corrected chi connectivity index (χ0v) is 16.4. The predicted octanol–water partition coefficient (Wildman–Crippen LogP) is 3.60. The third kappa shape index (κ3) is 4.68. The molecule has 0 bridgehead atoms. The smallest absolute Gasteiger partial charge is 0.410 e. The van der Waals surface area contributed by atoms with E-state index in [0.29, 0.717) is 6.42 Å². The van der Waals surface area contributed by atoms with E-state index in [1.54, 1.807) is 12.0 Å². The Hall–Kier alpha value is -2.24. The normalized spacial score (nSPS) is 23.3. The van der Waals surface area contributed by atoms with E-state index in [-0.39, 0.29) is 24.5 Å². The third-order valence-electron chi connectivity index (χ3n) is 4.68. The summed E-state index contributed by atoms with van der Waals surface area (Å²) in [7, 11) is 3.00. The Morgan fingerprint density at radius 1 is 1.12 bits per heavy atom. The summed E-state index contributed by atoms with van der Waals surface area (Å²) in [5.74, 6) is -0.00644. The van der Waals surface area contributed by atoms with Crippen molar-refractivity contribution in [1.29, 1.82) is 0 Å². The highest BCUT2D eigenvalue weighted by Gasteiger charge is 2.42. The second-order valence-electron chi connectivity index (χ2n) is 7.73. The van der Waals surface area contributed by atoms with Crippen LogP contribution in [0.4, 0.5) is 4.79 Å². The Kier molecular flexibility index (Phi) is 6.16. The first-order valence-corrected chi connectivity index (χ1v) is 8.87. The number of likely N-dealkylation sites (tertiary alicyclic amines) is 1. The van der Waals surface area contributed by atoms with Gasteiger partial charge in [-0.05, 0) is 51.8 Å². The van der Waals surface area contributed by atoms with Gasteiger partial charge in [-0.15, -0.1) is 0 Å². The lowest BCUT2D eigenvalue weighted by Crippen LogP contribution is -2.51. The van der Waals surface area contributed by atoms with Gasteiger partial charge in [-0.1, -0.05) is 12.1 Å². The number of amides is 1. The Labute approximate surface area is 155 Å². The standard InChI is InChI=1S/C20H29NO5/c1-13-11-16(14-7-9-15(24-5)10-8-14)17(18(22)25-6)12-21(13)19(23)26-20(2,3)4/h7-10,13,16-17H,11-12H2,1-6H3/t13-,16-,17-/m1/s1. The zero-order chi connectivity index (χ0) is 19.5. The number of benzene rings is 1. The molecule has 6 heteroatoms. The number of carbonyl (C=O) groups excluding carboxylic acids is 2. The molecule has 0 spiro atoms. The van der Waals surface area contributed by atoms with Crippen LogP contribution in [0.1, 0.15) is 45.6 Å². The molecule has 1 aromatic carbocycles. The Bertz CT molecular complexity index is 635. The van der Waals surface area contributed by atoms with Crippen molar-refractivity contribution < 1.29 is 23.8 Å². The maximum Gasteiger partial charge on any atom is 0.410 e. The fourth-order valence-corrected chi connectivity index (χ4v) is 3.36. The molecule has 0 radical (unpaired) electrons. The van der Waals surface area contributed by atoms with Gasteiger partial charge in [-0.3, -0.25) is 4.79 Å². The van der Waals surface area contributed by atoms with Gasteiger partial charge in [0.05, 0.1) is 20.1 Å². The van der Waals surface area contributed by atoms with Crippen LogP contribution in [0.25, 0.3) is 0 Å². The summed E-state index contributed by atoms with van der Waals surface area (Å²) in [5, 5.41) is 0. The largest absolute Gasteiger partial charge is 0.497 e. The molecule has 1 heterocycles. The fourth-order valence-electron chi connectivity index (χ4n) is 3.36. The number of carbonyl (C=O) groups is 2. The molecule has 2 rings (SSSR count). The lowest BCUT2D eigenvalue weighted by atomic mass is 9.78. The number of esters is 1. The summed E-state index contributed by atoms with van der Waals surface area (Å²) in [5.41, 5.74) is 0.460. The fraction of sp³-hybridized carbons (Fsp3) is 0.600. The Morgan fingerprint density at radius 2 is 1.73 bits per heavy atom. The molecular formula is C20H29NO5. The van der Waals surface area contributed by atoms with Crippen LogP contribution in [0.5, 0.6) is 5.75 Å². The highest BCUT2D eigenvalue weighted by Crippen LogP contribution is 2.37. The summed E-state index contributed by atoms with van der Waals surface area (Å²) in [6.45, 7) is 7.75. The molecule has 1 aliphatic heterocycles. The van der Waals surface area contributed by atoms with E-state index in [4.69, 9.17) is 14.2 Å². The first kappa shape index (κ1) is 20.1. The molecular weight excluding hydrogens is 334 g/mol. The molecule has 0 saturated carbocycles. The molecule has 1 saturated heterocycles. The maximum atomic E-state index is 12.5. The van der Waals surface area contributed by atoms with Crippen molar-refractivity contribution in [2.24, 2.45) is 5.92 Å². The molecule has 26 heavy (non-hydrogen) atoms. The van der Waals surface area contributed by atoms with Crippen LogP contribution in [0.15, 0.2) is 24.3 Å². The minimum atomic E-state index is -0.579. The van der Waals surface area contributed by atoms with E-state index in [9.17, 15) is 9.59 Å². The molecule has 0 aromatic heterocycles. The zero-order valence-electron chi connectivity index (χ0n) is 16.4. The van der Waals surface area contributed by atoms with E-state index < -0.39 is 17.6 Å². The quantitative estimate of drug-likeness (QED) is 0.768. The second-order valence-corrected chi connectivity index (χ2v) is 7.73. The number of piperidine rings is 1. The van der Waals surface area contributed by atoms with Crippen molar-refractivity contribution in [2.45, 2.75) is 51.7 Å². The van der Waals surface area contributed by atoms with Crippen LogP contribution >= 0.6 is 0 Å². The number of methoxy groups -OCH3 is 2. The van der Waals surface area contributed by atoms with E-state index in [0.717, 1.165) is 11.3 Å². The van der Waals surface area contributed by atoms with Crippen LogP contribution in [0.2, 0.25) is 0 Å². The molecule has 0 unspecified atom stereocenters. The van der Waals surface area contributed by atoms with Gasteiger partial charge >= 0.3 is 12.1 Å². The molecule has 6 nitrogen and oxygen atoms in total. The van der Waals surface area contributed by atoms with Crippen LogP contribution in [-0.4, -0.2) is 49.4 Å². The Morgan fingerprint density at radius 3 is 2.23 bits per heavy atom. The van der Waals surface area contributed by atoms with Crippen LogP contribution in [0, 0.1) is 5.92 Å². The van der Waals surface area contributed by atoms with Crippen molar-refractivity contribution in [3.8, 4) is 5.75 Å². The molecule has 0 N–H and O–H groups in total. The average Bonchev–Trinajstić information content (AvgIpc) is 2.59. The third-order valence-corrected chi connectivity index (χ3v) is 4.68. The minimum absolute atomic E-state index is 0.0259. The second kappa shape index (κ2) is 7.98. The van der Waals surface area contributed by atoms with Gasteiger partial charge in [0.1, 0.15) is 11.4 Å². The number of rotatable bonds is 3. The predicted molar refractivity (Wildman–Crippen MR) is 98.3 cm³/mol. The first-order valence-electron chi connectivity index (χ1n) is 8.87. The van der Waals surface area contributed by atoms with E-state index >= 15 is 0 Å². The summed E-state index contributed by atoms with van der Waals surface area (Å²) in [6, 6.07) is 7.66. The average molecular weight is 363 g/mol. The number of ether oxygens (including phenoxy) is 3. The van der Waals surface area contributed by atoms with Crippen molar-refractivity contribution in [1.82, 2.24) is 4.90 Å². The minimum Gasteiger partial charge on any atom is -0.497 e. The number of hydrogen-bond donors (Lipinski definition) is 0. The topological polar surface area (TPSA) is 65.1 Å². The van der Waals surface area contributed by atoms with Crippen LogP contribution in [-0.2, 0) is 14.3 Å². The lowest BCUT2D eigenvalue weighted by molar-refractivity contribution is -0.148. The summed E-state index contributed by atoms with van der Waals surface area (Å²) >= 11 is 0. The van der Waals surface area contributed by atoms with Gasteiger partial charge in [0, 0.05) is 18.5 Å². The lowest BCUT2D eigenvalue weighted by Gasteiger charge is -2.42. The monoisotopic (exact) mass is 363 g/mol. The molecule has 144 valence electrons. The van der Waals surface area contributed by atoms with Gasteiger partial charge in [0.15, 0.2) is 0 Å². The first-order chi connectivity index (χ1) is 12.2. The van der Waals surface area contributed by atoms with E-state index in [2.05, 4.69) is 0 Å². The summed E-state index contributed by atoms with van der Waals surface area (Å²) < 4.78 is 15.7. The molecule has 3 atom stereocenters. The van der Waals surface area contributed by atoms with Gasteiger partial charge in [0.2, 0.25) is 0 Å². The summed E-state index contributed by atoms with van der Waals surface area (Å²) in [6.07, 6.45) is 0.262. The SMILES string of the molecule is COC(=O)[C@@H]1CN(C(=O)OC(C)(C)C)[C@H](C)C[C@@H]1c1ccc(OC)cc1. The van der Waals surface area contributed by atoms with Crippen molar-refractivity contribution in [3.63, 3.8) is 0 Å². The molecule has 0 aliphatic carbocycles. The highest BCUT2D eigenvalue weighted by atomic mass is 16.6. The van der Waals surface area contributed by atoms with Gasteiger partial charge in [0.25, 0.3) is 0 Å². The van der Waals surface area contributed by atoms with Crippen molar-refractivity contribution in [3.05, 3.63) is 29.8 Å². The molecule has 1 aromatic rings. The van der Waals surface area contributed by atoms with Crippen LogP contribution in [0.3, 0.4) is 0 Å².